The quantitative estimate of drug-likeness (QED) is 0.813. The third kappa shape index (κ3) is 3.50. The van der Waals surface area contributed by atoms with Crippen LogP contribution in [0.3, 0.4) is 0 Å². The van der Waals surface area contributed by atoms with Crippen LogP contribution in [-0.4, -0.2) is 22.4 Å². The van der Waals surface area contributed by atoms with Crippen LogP contribution in [0.2, 0.25) is 5.02 Å². The molecule has 0 saturated heterocycles. The fraction of sp³-hybridized carbons (Fsp3) is 0.727. The molecule has 1 aromatic rings. The molecule has 1 N–H and O–H groups in total. The lowest BCUT2D eigenvalue weighted by molar-refractivity contribution is 0.405. The van der Waals surface area contributed by atoms with Gasteiger partial charge in [0.25, 0.3) is 0 Å². The van der Waals surface area contributed by atoms with Crippen LogP contribution in [0, 0.1) is 6.92 Å². The predicted octanol–water partition coefficient (Wildman–Crippen LogP) is 2.62. The number of hydrogen-bond acceptors (Lipinski definition) is 2. The van der Waals surface area contributed by atoms with Crippen LogP contribution in [0.15, 0.2) is 6.20 Å². The van der Waals surface area contributed by atoms with Crippen LogP contribution >= 0.6 is 11.6 Å². The van der Waals surface area contributed by atoms with Gasteiger partial charge in [-0.2, -0.15) is 5.10 Å². The zero-order valence-corrected chi connectivity index (χ0v) is 10.5. The van der Waals surface area contributed by atoms with Crippen molar-refractivity contribution in [3.8, 4) is 0 Å². The van der Waals surface area contributed by atoms with Gasteiger partial charge in [0.2, 0.25) is 0 Å². The van der Waals surface area contributed by atoms with Crippen molar-refractivity contribution in [1.29, 1.82) is 0 Å². The van der Waals surface area contributed by atoms with Crippen LogP contribution in [-0.2, 0) is 6.54 Å². The molecule has 15 heavy (non-hydrogen) atoms. The smallest absolute Gasteiger partial charge is 0.0814 e. The van der Waals surface area contributed by atoms with Gasteiger partial charge < -0.3 is 5.32 Å². The van der Waals surface area contributed by atoms with Crippen molar-refractivity contribution in [2.75, 3.05) is 6.54 Å². The molecule has 4 heteroatoms. The maximum Gasteiger partial charge on any atom is 0.0814 e. The van der Waals surface area contributed by atoms with E-state index < -0.39 is 0 Å². The summed E-state index contributed by atoms with van der Waals surface area (Å²) in [5.74, 6) is 0. The van der Waals surface area contributed by atoms with E-state index in [-0.39, 0.29) is 0 Å². The number of likely N-dealkylation sites (N-methyl/N-ethyl adjacent to an activating group) is 1. The van der Waals surface area contributed by atoms with Gasteiger partial charge in [0, 0.05) is 6.04 Å². The molecule has 0 aliphatic rings. The topological polar surface area (TPSA) is 29.9 Å². The Balaban J connectivity index is 2.60. The molecule has 1 unspecified atom stereocenters. The SMILES string of the molecule is CCCC(Cn1ncc(Cl)c1C)NCC. The Kier molecular flexibility index (Phi) is 5.12. The molecule has 0 amide bonds. The minimum atomic E-state index is 0.495. The first-order valence-electron chi connectivity index (χ1n) is 5.60. The average molecular weight is 230 g/mol. The van der Waals surface area contributed by atoms with Crippen LogP contribution in [0.5, 0.6) is 0 Å². The predicted molar refractivity (Wildman–Crippen MR) is 64.3 cm³/mol. The number of halogens is 1. The standard InChI is InChI=1S/C11H20ClN3/c1-4-6-10(13-5-2)8-15-9(3)11(12)7-14-15/h7,10,13H,4-6,8H2,1-3H3. The Bertz CT molecular complexity index is 290. The Morgan fingerprint density at radius 3 is 2.73 bits per heavy atom. The molecule has 86 valence electrons. The molecule has 0 fully saturated rings. The molecule has 3 nitrogen and oxygen atoms in total. The number of hydrogen-bond donors (Lipinski definition) is 1. The van der Waals surface area contributed by atoms with Gasteiger partial charge in [-0.05, 0) is 19.9 Å². The van der Waals surface area contributed by atoms with Crippen molar-refractivity contribution < 1.29 is 0 Å². The number of nitrogens with one attached hydrogen (secondary N) is 1. The zero-order chi connectivity index (χ0) is 11.3. The van der Waals surface area contributed by atoms with Gasteiger partial charge in [0.05, 0.1) is 23.5 Å². The molecule has 1 rings (SSSR count). The molecule has 0 saturated carbocycles. The summed E-state index contributed by atoms with van der Waals surface area (Å²) in [6.45, 7) is 8.24. The molecule has 1 aromatic heterocycles. The molecule has 0 bridgehead atoms. The molecule has 0 spiro atoms. The highest BCUT2D eigenvalue weighted by Crippen LogP contribution is 2.14. The van der Waals surface area contributed by atoms with Crippen molar-refractivity contribution in [3.05, 3.63) is 16.9 Å². The lowest BCUT2D eigenvalue weighted by atomic mass is 10.1. The number of nitrogens with zero attached hydrogens (tertiary/aromatic N) is 2. The second-order valence-electron chi connectivity index (χ2n) is 3.80. The Labute approximate surface area is 96.8 Å². The van der Waals surface area contributed by atoms with Crippen LogP contribution < -0.4 is 5.32 Å². The molecule has 1 atom stereocenters. The Morgan fingerprint density at radius 2 is 2.27 bits per heavy atom. The van der Waals surface area contributed by atoms with Gasteiger partial charge in [-0.1, -0.05) is 31.9 Å². The summed E-state index contributed by atoms with van der Waals surface area (Å²) in [6, 6.07) is 0.495. The van der Waals surface area contributed by atoms with Crippen LogP contribution in [0.25, 0.3) is 0 Å². The van der Waals surface area contributed by atoms with Crippen molar-refractivity contribution in [1.82, 2.24) is 15.1 Å². The molecular formula is C11H20ClN3. The normalized spacial score (nSPS) is 13.1. The zero-order valence-electron chi connectivity index (χ0n) is 9.76. The van der Waals surface area contributed by atoms with E-state index in [4.69, 9.17) is 11.6 Å². The first-order valence-corrected chi connectivity index (χ1v) is 5.98. The lowest BCUT2D eigenvalue weighted by Gasteiger charge is -2.17. The van der Waals surface area contributed by atoms with Crippen LogP contribution in [0.4, 0.5) is 0 Å². The summed E-state index contributed by atoms with van der Waals surface area (Å²) in [6.07, 6.45) is 4.07. The highest BCUT2D eigenvalue weighted by Gasteiger charge is 2.10. The first kappa shape index (κ1) is 12.5. The second-order valence-corrected chi connectivity index (χ2v) is 4.21. The highest BCUT2D eigenvalue weighted by atomic mass is 35.5. The largest absolute Gasteiger partial charge is 0.312 e. The number of aromatic nitrogens is 2. The fourth-order valence-electron chi connectivity index (χ4n) is 1.71. The summed E-state index contributed by atoms with van der Waals surface area (Å²) in [5.41, 5.74) is 1.05. The van der Waals surface area contributed by atoms with Gasteiger partial charge in [-0.3, -0.25) is 4.68 Å². The maximum absolute atomic E-state index is 5.96. The van der Waals surface area contributed by atoms with Gasteiger partial charge in [-0.15, -0.1) is 0 Å². The fourth-order valence-corrected chi connectivity index (χ4v) is 1.85. The molecule has 0 aliphatic carbocycles. The van der Waals surface area contributed by atoms with Gasteiger partial charge >= 0.3 is 0 Å². The highest BCUT2D eigenvalue weighted by molar-refractivity contribution is 6.31. The lowest BCUT2D eigenvalue weighted by Crippen LogP contribution is -2.33. The summed E-state index contributed by atoms with van der Waals surface area (Å²) in [7, 11) is 0. The van der Waals surface area contributed by atoms with Crippen molar-refractivity contribution in [2.24, 2.45) is 0 Å². The van der Waals surface area contributed by atoms with E-state index in [0.717, 1.165) is 23.8 Å². The summed E-state index contributed by atoms with van der Waals surface area (Å²) in [5, 5.41) is 8.48. The van der Waals surface area contributed by atoms with Crippen molar-refractivity contribution in [2.45, 2.75) is 46.2 Å². The van der Waals surface area contributed by atoms with E-state index in [1.54, 1.807) is 6.20 Å². The van der Waals surface area contributed by atoms with Gasteiger partial charge in [0.15, 0.2) is 0 Å². The second kappa shape index (κ2) is 6.13. The Morgan fingerprint density at radius 1 is 1.53 bits per heavy atom. The molecule has 0 radical (unpaired) electrons. The van der Waals surface area contributed by atoms with E-state index in [0.29, 0.717) is 6.04 Å². The monoisotopic (exact) mass is 229 g/mol. The van der Waals surface area contributed by atoms with Gasteiger partial charge in [-0.25, -0.2) is 0 Å². The third-order valence-corrected chi connectivity index (χ3v) is 2.94. The summed E-state index contributed by atoms with van der Waals surface area (Å²) in [4.78, 5) is 0. The minimum Gasteiger partial charge on any atom is -0.312 e. The third-order valence-electron chi connectivity index (χ3n) is 2.57. The molecule has 1 heterocycles. The first-order chi connectivity index (χ1) is 7.19. The summed E-state index contributed by atoms with van der Waals surface area (Å²) >= 11 is 5.96. The van der Waals surface area contributed by atoms with E-state index in [1.165, 1.54) is 12.8 Å². The van der Waals surface area contributed by atoms with Crippen molar-refractivity contribution in [3.63, 3.8) is 0 Å². The minimum absolute atomic E-state index is 0.495. The molecule has 0 aromatic carbocycles. The Hall–Kier alpha value is -0.540. The van der Waals surface area contributed by atoms with E-state index in [9.17, 15) is 0 Å². The summed E-state index contributed by atoms with van der Waals surface area (Å²) < 4.78 is 1.98. The molecule has 0 aliphatic heterocycles. The number of rotatable bonds is 6. The van der Waals surface area contributed by atoms with Gasteiger partial charge in [0.1, 0.15) is 0 Å². The van der Waals surface area contributed by atoms with E-state index in [1.807, 2.05) is 11.6 Å². The van der Waals surface area contributed by atoms with Crippen molar-refractivity contribution >= 4 is 11.6 Å². The van der Waals surface area contributed by atoms with E-state index >= 15 is 0 Å². The average Bonchev–Trinajstić information content (AvgIpc) is 2.51. The van der Waals surface area contributed by atoms with Crippen LogP contribution in [0.1, 0.15) is 32.4 Å². The van der Waals surface area contributed by atoms with E-state index in [2.05, 4.69) is 24.3 Å². The molecular weight excluding hydrogens is 210 g/mol. The maximum atomic E-state index is 5.96.